The van der Waals surface area contributed by atoms with Crippen molar-refractivity contribution in [3.05, 3.63) is 65.3 Å². The zero-order valence-corrected chi connectivity index (χ0v) is 25.2. The van der Waals surface area contributed by atoms with Gasteiger partial charge in [0, 0.05) is 37.6 Å². The maximum absolute atomic E-state index is 16.4. The first-order valence-electron chi connectivity index (χ1n) is 15.7. The van der Waals surface area contributed by atoms with Gasteiger partial charge in [-0.15, -0.1) is 0 Å². The van der Waals surface area contributed by atoms with Crippen molar-refractivity contribution in [1.29, 1.82) is 0 Å². The first kappa shape index (κ1) is 29.1. The first-order chi connectivity index (χ1) is 20.9. The molecular formula is C32H41FN8O2. The Morgan fingerprint density at radius 2 is 1.67 bits per heavy atom. The number of halogens is 1. The molecule has 4 aromatic rings. The number of fused-ring (bicyclic) bond motifs is 1. The molecule has 1 unspecified atom stereocenters. The van der Waals surface area contributed by atoms with E-state index in [0.29, 0.717) is 60.3 Å². The smallest absolute Gasteiger partial charge is 0.272 e. The van der Waals surface area contributed by atoms with Crippen molar-refractivity contribution >= 4 is 22.8 Å². The van der Waals surface area contributed by atoms with Crippen LogP contribution in [-0.2, 0) is 13.1 Å². The van der Waals surface area contributed by atoms with Crippen LogP contribution in [0.2, 0.25) is 0 Å². The van der Waals surface area contributed by atoms with Crippen LogP contribution in [-0.4, -0.2) is 52.8 Å². The molecule has 1 aromatic carbocycles. The van der Waals surface area contributed by atoms with E-state index in [1.165, 1.54) is 0 Å². The quantitative estimate of drug-likeness (QED) is 0.270. The van der Waals surface area contributed by atoms with Crippen LogP contribution in [0, 0.1) is 17.7 Å². The van der Waals surface area contributed by atoms with Gasteiger partial charge in [0.15, 0.2) is 5.82 Å². The van der Waals surface area contributed by atoms with Crippen molar-refractivity contribution in [3.8, 4) is 0 Å². The number of hydrogen-bond donors (Lipinski definition) is 2. The molecule has 0 spiro atoms. The summed E-state index contributed by atoms with van der Waals surface area (Å²) in [5.74, 6) is 0.613. The molecule has 228 valence electrons. The van der Waals surface area contributed by atoms with E-state index in [4.69, 9.17) is 4.98 Å². The molecule has 2 atom stereocenters. The van der Waals surface area contributed by atoms with Gasteiger partial charge in [-0.05, 0) is 76.0 Å². The summed E-state index contributed by atoms with van der Waals surface area (Å²) in [6.07, 6.45) is 9.78. The molecule has 2 aliphatic rings. The summed E-state index contributed by atoms with van der Waals surface area (Å²) in [4.78, 5) is 37.0. The Bertz CT molecular complexity index is 1600. The van der Waals surface area contributed by atoms with Crippen LogP contribution >= 0.6 is 0 Å². The zero-order valence-electron chi connectivity index (χ0n) is 25.2. The van der Waals surface area contributed by atoms with Gasteiger partial charge in [-0.1, -0.05) is 25.8 Å². The van der Waals surface area contributed by atoms with Gasteiger partial charge in [-0.25, -0.2) is 9.37 Å². The highest BCUT2D eigenvalue weighted by Gasteiger charge is 2.35. The lowest BCUT2D eigenvalue weighted by Gasteiger charge is -2.36. The maximum Gasteiger partial charge on any atom is 0.272 e. The van der Waals surface area contributed by atoms with E-state index in [0.717, 1.165) is 38.5 Å². The van der Waals surface area contributed by atoms with Gasteiger partial charge >= 0.3 is 0 Å². The molecule has 10 nitrogen and oxygen atoms in total. The van der Waals surface area contributed by atoms with E-state index in [9.17, 15) is 9.59 Å². The van der Waals surface area contributed by atoms with Gasteiger partial charge in [0.25, 0.3) is 11.8 Å². The second-order valence-corrected chi connectivity index (χ2v) is 12.0. The average Bonchev–Trinajstić information content (AvgIpc) is 3.80. The van der Waals surface area contributed by atoms with Gasteiger partial charge in [0.1, 0.15) is 22.7 Å². The SMILES string of the molecule is CCn1nccc1C(=O)N[C@H](c1nc2c(F)c(C3CCCCN3C(=O)c3ccnn3CC)ccc2[nH]1)C1CCC(C)CC1. The summed E-state index contributed by atoms with van der Waals surface area (Å²) >= 11 is 0. The molecule has 43 heavy (non-hydrogen) atoms. The number of nitrogens with zero attached hydrogens (tertiary/aromatic N) is 6. The Morgan fingerprint density at radius 3 is 2.40 bits per heavy atom. The van der Waals surface area contributed by atoms with E-state index < -0.39 is 17.9 Å². The lowest BCUT2D eigenvalue weighted by Crippen LogP contribution is -2.39. The molecule has 0 bridgehead atoms. The summed E-state index contributed by atoms with van der Waals surface area (Å²) < 4.78 is 19.7. The van der Waals surface area contributed by atoms with Crippen LogP contribution in [0.25, 0.3) is 11.0 Å². The molecule has 0 radical (unpaired) electrons. The average molecular weight is 589 g/mol. The number of amides is 2. The van der Waals surface area contributed by atoms with E-state index in [1.54, 1.807) is 44.9 Å². The third-order valence-corrected chi connectivity index (χ3v) is 9.36. The lowest BCUT2D eigenvalue weighted by atomic mass is 9.79. The van der Waals surface area contributed by atoms with Crippen molar-refractivity contribution in [1.82, 2.24) is 39.7 Å². The van der Waals surface area contributed by atoms with Crippen molar-refractivity contribution in [3.63, 3.8) is 0 Å². The number of nitrogens with one attached hydrogen (secondary N) is 2. The third-order valence-electron chi connectivity index (χ3n) is 9.36. The molecule has 4 heterocycles. The number of aryl methyl sites for hydroxylation is 2. The van der Waals surface area contributed by atoms with Crippen LogP contribution in [0.4, 0.5) is 4.39 Å². The third kappa shape index (κ3) is 5.57. The number of benzene rings is 1. The fraction of sp³-hybridized carbons (Fsp3) is 0.531. The summed E-state index contributed by atoms with van der Waals surface area (Å²) in [7, 11) is 0. The highest BCUT2D eigenvalue weighted by molar-refractivity contribution is 5.93. The minimum Gasteiger partial charge on any atom is -0.340 e. The summed E-state index contributed by atoms with van der Waals surface area (Å²) in [6, 6.07) is 6.29. The number of carbonyl (C=O) groups excluding carboxylic acids is 2. The van der Waals surface area contributed by atoms with Crippen molar-refractivity contribution < 1.29 is 14.0 Å². The second-order valence-electron chi connectivity index (χ2n) is 12.0. The highest BCUT2D eigenvalue weighted by Crippen LogP contribution is 2.39. The maximum atomic E-state index is 16.4. The van der Waals surface area contributed by atoms with Crippen LogP contribution in [0.3, 0.4) is 0 Å². The molecular weight excluding hydrogens is 547 g/mol. The first-order valence-corrected chi connectivity index (χ1v) is 15.7. The summed E-state index contributed by atoms with van der Waals surface area (Å²) in [5, 5.41) is 11.7. The molecule has 3 aromatic heterocycles. The van der Waals surface area contributed by atoms with Crippen molar-refractivity contribution in [2.45, 2.75) is 90.9 Å². The number of aromatic nitrogens is 6. The van der Waals surface area contributed by atoms with Crippen LogP contribution in [0.1, 0.15) is 110 Å². The minimum atomic E-state index is -0.417. The monoisotopic (exact) mass is 588 g/mol. The number of aromatic amines is 1. The van der Waals surface area contributed by atoms with Crippen LogP contribution in [0.5, 0.6) is 0 Å². The van der Waals surface area contributed by atoms with Crippen molar-refractivity contribution in [2.75, 3.05) is 6.54 Å². The number of carbonyl (C=O) groups is 2. The Labute approximate surface area is 251 Å². The predicted octanol–water partition coefficient (Wildman–Crippen LogP) is 5.80. The Balaban J connectivity index is 1.33. The summed E-state index contributed by atoms with van der Waals surface area (Å²) in [5.41, 5.74) is 2.30. The predicted molar refractivity (Wildman–Crippen MR) is 161 cm³/mol. The van der Waals surface area contributed by atoms with E-state index >= 15 is 4.39 Å². The molecule has 6 rings (SSSR count). The Kier molecular flexibility index (Phi) is 8.32. The summed E-state index contributed by atoms with van der Waals surface area (Å²) in [6.45, 7) is 7.88. The molecule has 1 aliphatic heterocycles. The largest absolute Gasteiger partial charge is 0.340 e. The van der Waals surface area contributed by atoms with Gasteiger partial charge in [-0.2, -0.15) is 10.2 Å². The van der Waals surface area contributed by atoms with E-state index in [1.807, 2.05) is 19.9 Å². The van der Waals surface area contributed by atoms with Gasteiger partial charge in [0.2, 0.25) is 0 Å². The number of rotatable bonds is 8. The van der Waals surface area contributed by atoms with Crippen LogP contribution in [0.15, 0.2) is 36.7 Å². The number of H-pyrrole nitrogens is 1. The van der Waals surface area contributed by atoms with Gasteiger partial charge < -0.3 is 15.2 Å². The molecule has 1 saturated carbocycles. The Morgan fingerprint density at radius 1 is 0.977 bits per heavy atom. The normalized spacial score (nSPS) is 21.7. The number of likely N-dealkylation sites (tertiary alicyclic amines) is 1. The number of hydrogen-bond acceptors (Lipinski definition) is 5. The molecule has 11 heteroatoms. The zero-order chi connectivity index (χ0) is 30.1. The minimum absolute atomic E-state index is 0.133. The highest BCUT2D eigenvalue weighted by atomic mass is 19.1. The van der Waals surface area contributed by atoms with E-state index in [2.05, 4.69) is 27.4 Å². The topological polar surface area (TPSA) is 114 Å². The molecule has 2 N–H and O–H groups in total. The fourth-order valence-electron chi connectivity index (χ4n) is 6.91. The van der Waals surface area contributed by atoms with Crippen molar-refractivity contribution in [2.24, 2.45) is 11.8 Å². The van der Waals surface area contributed by atoms with Crippen LogP contribution < -0.4 is 5.32 Å². The second kappa shape index (κ2) is 12.3. The molecule has 2 fully saturated rings. The Hall–Kier alpha value is -4.02. The standard InChI is InChI=1S/C32H41FN8O2/c1-4-40-25(15-17-34-40)31(42)38-28(21-11-9-20(3)10-12-21)30-36-23-14-13-22(27(33)29(23)37-30)24-8-6-7-19-39(24)32(43)26-16-18-35-41(26)5-2/h13-18,20-21,24,28H,4-12,19H2,1-3H3,(H,36,37)(H,38,42)/t20?,21?,24?,28-/m0/s1. The number of imidazole rings is 1. The van der Waals surface area contributed by atoms with Gasteiger partial charge in [0.05, 0.1) is 17.6 Å². The van der Waals surface area contributed by atoms with Gasteiger partial charge in [-0.3, -0.25) is 19.0 Å². The molecule has 1 saturated heterocycles. The molecule has 1 aliphatic carbocycles. The number of piperidine rings is 1. The molecule has 2 amide bonds. The van der Waals surface area contributed by atoms with E-state index in [-0.39, 0.29) is 23.2 Å². The lowest BCUT2D eigenvalue weighted by molar-refractivity contribution is 0.0594. The fourth-order valence-corrected chi connectivity index (χ4v) is 6.91.